The second-order valence-corrected chi connectivity index (χ2v) is 20.9. The number of amides is 3. The molecule has 2 aliphatic rings. The summed E-state index contributed by atoms with van der Waals surface area (Å²) in [4.78, 5) is 57.1. The maximum absolute atomic E-state index is 16.2. The number of carbonyl (C=O) groups is 3. The van der Waals surface area contributed by atoms with Gasteiger partial charge in [-0.25, -0.2) is 18.2 Å². The summed E-state index contributed by atoms with van der Waals surface area (Å²) in [6.45, 7) is 11.9. The molecule has 8 rings (SSSR count). The van der Waals surface area contributed by atoms with Crippen LogP contribution in [0.2, 0.25) is 0 Å². The van der Waals surface area contributed by atoms with E-state index in [1.54, 1.807) is 49.8 Å². The highest BCUT2D eigenvalue weighted by Gasteiger charge is 2.45. The Balaban J connectivity index is 0.840. The zero-order valence-electron chi connectivity index (χ0n) is 40.4. The molecule has 3 aromatic heterocycles. The van der Waals surface area contributed by atoms with Crippen molar-refractivity contribution in [2.24, 2.45) is 5.41 Å². The summed E-state index contributed by atoms with van der Waals surface area (Å²) in [5.41, 5.74) is 5.62. The van der Waals surface area contributed by atoms with E-state index in [2.05, 4.69) is 25.6 Å². The van der Waals surface area contributed by atoms with E-state index in [-0.39, 0.29) is 56.6 Å². The van der Waals surface area contributed by atoms with Gasteiger partial charge in [-0.2, -0.15) is 0 Å². The van der Waals surface area contributed by atoms with Gasteiger partial charge in [0, 0.05) is 78.2 Å². The molecule has 5 atom stereocenters. The number of ether oxygens (including phenoxy) is 2. The second-order valence-electron chi connectivity index (χ2n) is 20.1. The molecule has 13 nitrogen and oxygen atoms in total. The van der Waals surface area contributed by atoms with E-state index in [9.17, 15) is 19.5 Å². The lowest BCUT2D eigenvalue weighted by atomic mass is 9.85. The van der Waals surface area contributed by atoms with Crippen LogP contribution in [-0.2, 0) is 45.3 Å². The predicted octanol–water partition coefficient (Wildman–Crippen LogP) is 8.26. The lowest BCUT2D eigenvalue weighted by Crippen LogP contribution is -2.58. The molecule has 2 aliphatic heterocycles. The summed E-state index contributed by atoms with van der Waals surface area (Å²) in [5.74, 6) is -3.10. The molecule has 3 aromatic carbocycles. The number of aryl methyl sites for hydroxylation is 1. The van der Waals surface area contributed by atoms with Gasteiger partial charge in [0.15, 0.2) is 0 Å². The number of H-pyrrole nitrogens is 1. The molecule has 1 saturated heterocycles. The van der Waals surface area contributed by atoms with Crippen molar-refractivity contribution in [1.29, 1.82) is 0 Å². The minimum Gasteiger partial charge on any atom is -0.489 e. The van der Waals surface area contributed by atoms with Crippen LogP contribution in [0.5, 0.6) is 5.75 Å². The Bertz CT molecular complexity index is 2820. The van der Waals surface area contributed by atoms with E-state index in [1.807, 2.05) is 67.3 Å². The fourth-order valence-corrected chi connectivity index (χ4v) is 10.2. The van der Waals surface area contributed by atoms with Gasteiger partial charge in [-0.1, -0.05) is 69.3 Å². The van der Waals surface area contributed by atoms with Gasteiger partial charge < -0.3 is 35.1 Å². The van der Waals surface area contributed by atoms with Gasteiger partial charge in [0.1, 0.15) is 48.4 Å². The Kier molecular flexibility index (Phi) is 14.8. The zero-order valence-corrected chi connectivity index (χ0v) is 41.3. The van der Waals surface area contributed by atoms with Crippen LogP contribution >= 0.6 is 11.3 Å². The van der Waals surface area contributed by atoms with Crippen LogP contribution in [0, 0.1) is 24.0 Å². The number of halogens is 3. The van der Waals surface area contributed by atoms with Gasteiger partial charge in [0.25, 0.3) is 0 Å². The van der Waals surface area contributed by atoms with Crippen LogP contribution < -0.4 is 15.4 Å². The number of para-hydroxylation sites is 1. The van der Waals surface area contributed by atoms with E-state index in [0.717, 1.165) is 50.3 Å². The SMILES string of the molecule is Cc1ncsc1-c1ccc(CNC(=O)[C@@H]2C[C@@H](O)CN2C(=O)[C@@H](NC(=O)COCc2ccc(COc3cc(F)c([C@@H]4c5[nH]c6ccccc6c5C[C@@H](C)N4CC(C)(C)F)c(F)c3)cn2)C(C)(C)C)cc1. The van der Waals surface area contributed by atoms with Crippen molar-refractivity contribution in [2.75, 3.05) is 19.7 Å². The molecule has 5 heterocycles. The second kappa shape index (κ2) is 20.7. The third-order valence-electron chi connectivity index (χ3n) is 12.9. The average molecular weight is 980 g/mol. The first-order chi connectivity index (χ1) is 33.2. The van der Waals surface area contributed by atoms with E-state index in [1.165, 1.54) is 24.9 Å². The van der Waals surface area contributed by atoms with Crippen molar-refractivity contribution >= 4 is 40.0 Å². The average Bonchev–Trinajstić information content (AvgIpc) is 4.03. The molecule has 0 spiro atoms. The molecule has 4 N–H and O–H groups in total. The first-order valence-corrected chi connectivity index (χ1v) is 24.3. The molecule has 3 amide bonds. The summed E-state index contributed by atoms with van der Waals surface area (Å²) in [7, 11) is 0. The number of carbonyl (C=O) groups excluding carboxylic acids is 3. The quantitative estimate of drug-likeness (QED) is 0.0749. The highest BCUT2D eigenvalue weighted by Crippen LogP contribution is 2.44. The fraction of sp³-hybridized carbons (Fsp3) is 0.415. The van der Waals surface area contributed by atoms with E-state index < -0.39 is 71.3 Å². The molecule has 6 aromatic rings. The zero-order chi connectivity index (χ0) is 50.1. The Morgan fingerprint density at radius 3 is 2.34 bits per heavy atom. The minimum atomic E-state index is -1.63. The number of aromatic amines is 1. The topological polar surface area (TPSA) is 162 Å². The maximum Gasteiger partial charge on any atom is 0.246 e. The summed E-state index contributed by atoms with van der Waals surface area (Å²) >= 11 is 1.56. The third-order valence-corrected chi connectivity index (χ3v) is 13.9. The first-order valence-electron chi connectivity index (χ1n) is 23.5. The number of benzene rings is 3. The molecule has 370 valence electrons. The van der Waals surface area contributed by atoms with Crippen molar-refractivity contribution in [1.82, 2.24) is 35.4 Å². The third kappa shape index (κ3) is 11.4. The molecular weight excluding hydrogens is 920 g/mol. The molecular formula is C53H60F3N7O6S. The number of likely N-dealkylation sites (tertiary alicyclic amines) is 1. The summed E-state index contributed by atoms with van der Waals surface area (Å²) in [5, 5.41) is 17.3. The number of rotatable bonds is 16. The molecule has 1 fully saturated rings. The largest absolute Gasteiger partial charge is 0.489 e. The molecule has 0 aliphatic carbocycles. The number of hydrogen-bond donors (Lipinski definition) is 4. The van der Waals surface area contributed by atoms with Crippen LogP contribution in [0.3, 0.4) is 0 Å². The van der Waals surface area contributed by atoms with Gasteiger partial charge in [0.05, 0.1) is 40.5 Å². The molecule has 0 saturated carbocycles. The van der Waals surface area contributed by atoms with Crippen molar-refractivity contribution < 1.29 is 42.1 Å². The highest BCUT2D eigenvalue weighted by atomic mass is 32.1. The molecule has 0 bridgehead atoms. The highest BCUT2D eigenvalue weighted by molar-refractivity contribution is 7.13. The van der Waals surface area contributed by atoms with Crippen LogP contribution in [0.15, 0.2) is 84.5 Å². The van der Waals surface area contributed by atoms with Crippen molar-refractivity contribution in [3.05, 3.63) is 135 Å². The van der Waals surface area contributed by atoms with Crippen LogP contribution in [0.25, 0.3) is 21.3 Å². The number of aliphatic hydroxyl groups is 1. The number of fused-ring (bicyclic) bond motifs is 3. The van der Waals surface area contributed by atoms with Crippen LogP contribution in [0.4, 0.5) is 13.2 Å². The number of nitrogens with one attached hydrogen (secondary N) is 3. The number of thiazole rings is 1. The van der Waals surface area contributed by atoms with Gasteiger partial charge in [0.2, 0.25) is 17.7 Å². The van der Waals surface area contributed by atoms with Crippen LogP contribution in [-0.4, -0.2) is 97.2 Å². The standard InChI is InChI=1S/C53H60F3N7O6S/c1-30-18-39-38-10-8-9-11-42(38)60-46(39)47(63(30)28-53(6,7)56)45-40(54)20-37(21-41(45)55)69-25-33-14-17-35(57-23-33)26-68-27-44(65)61-49(52(3,4)5)51(67)62-24-36(64)19-43(62)50(66)58-22-32-12-15-34(16-13-32)48-31(2)59-29-70-48/h8-17,20-21,23,29-30,36,43,47,49,60,64H,18-19,22,24-28H2,1-7H3,(H,58,66)(H,61,65)/t30-,36-,43+,47-,49-/m1/s1. The number of alkyl halides is 1. The number of nitrogens with zero attached hydrogens (tertiary/aromatic N) is 4. The number of hydrogen-bond acceptors (Lipinski definition) is 10. The predicted molar refractivity (Wildman–Crippen MR) is 261 cm³/mol. The maximum atomic E-state index is 16.2. The van der Waals surface area contributed by atoms with Crippen LogP contribution in [0.1, 0.15) is 93.3 Å². The van der Waals surface area contributed by atoms with E-state index >= 15 is 13.2 Å². The fourth-order valence-electron chi connectivity index (χ4n) is 9.43. The normalized spacial score (nSPS) is 19.0. The first kappa shape index (κ1) is 50.3. The monoisotopic (exact) mass is 979 g/mol. The van der Waals surface area contributed by atoms with Gasteiger partial charge in [-0.05, 0) is 68.4 Å². The Morgan fingerprint density at radius 1 is 0.971 bits per heavy atom. The summed E-state index contributed by atoms with van der Waals surface area (Å²) < 4.78 is 59.1. The van der Waals surface area contributed by atoms with Gasteiger partial charge in [-0.3, -0.25) is 24.3 Å². The van der Waals surface area contributed by atoms with Crippen molar-refractivity contribution in [3.63, 3.8) is 0 Å². The van der Waals surface area contributed by atoms with Gasteiger partial charge >= 0.3 is 0 Å². The number of aromatic nitrogens is 3. The Labute approximate surface area is 409 Å². The number of pyridine rings is 1. The lowest BCUT2D eigenvalue weighted by molar-refractivity contribution is -0.144. The van der Waals surface area contributed by atoms with E-state index in [0.29, 0.717) is 23.4 Å². The Hall–Kier alpha value is -6.14. The van der Waals surface area contributed by atoms with Crippen molar-refractivity contribution in [3.8, 4) is 16.2 Å². The molecule has 0 unspecified atom stereocenters. The summed E-state index contributed by atoms with van der Waals surface area (Å²) in [6, 6.07) is 18.1. The summed E-state index contributed by atoms with van der Waals surface area (Å²) in [6.07, 6.45) is 1.27. The van der Waals surface area contributed by atoms with Crippen molar-refractivity contribution in [2.45, 2.75) is 117 Å². The minimum absolute atomic E-state index is 0.0257. The van der Waals surface area contributed by atoms with Gasteiger partial charge in [-0.15, -0.1) is 11.3 Å². The smallest absolute Gasteiger partial charge is 0.246 e. The molecule has 17 heteroatoms. The van der Waals surface area contributed by atoms with E-state index in [4.69, 9.17) is 9.47 Å². The Morgan fingerprint density at radius 2 is 1.69 bits per heavy atom. The lowest BCUT2D eigenvalue weighted by Gasteiger charge is -2.43. The number of β-amino-alcohol motifs (C(OH)–C–C–N with tert-alkyl or cyclic N) is 1. The number of aliphatic hydroxyl groups excluding tert-OH is 1. The molecule has 70 heavy (non-hydrogen) atoms. The molecule has 0 radical (unpaired) electrons.